The van der Waals surface area contributed by atoms with Crippen LogP contribution in [0.5, 0.6) is 11.5 Å². The van der Waals surface area contributed by atoms with Gasteiger partial charge in [0.1, 0.15) is 0 Å². The molecule has 1 aliphatic heterocycles. The number of hydrogen-bond acceptors (Lipinski definition) is 5. The summed E-state index contributed by atoms with van der Waals surface area (Å²) in [7, 11) is 0. The fourth-order valence-corrected chi connectivity index (χ4v) is 3.49. The highest BCUT2D eigenvalue weighted by Gasteiger charge is 2.23. The lowest BCUT2D eigenvalue weighted by molar-refractivity contribution is -0.144. The highest BCUT2D eigenvalue weighted by molar-refractivity contribution is 6.32. The summed E-state index contributed by atoms with van der Waals surface area (Å²) in [6.45, 7) is 1.97. The number of hydrogen-bond donors (Lipinski definition) is 1. The number of halogens is 1. The lowest BCUT2D eigenvalue weighted by atomic mass is 9.86. The van der Waals surface area contributed by atoms with Crippen LogP contribution in [0.1, 0.15) is 38.2 Å². The van der Waals surface area contributed by atoms with E-state index >= 15 is 0 Å². The summed E-state index contributed by atoms with van der Waals surface area (Å²) in [5.41, 5.74) is 0.677. The van der Waals surface area contributed by atoms with Crippen LogP contribution in [0.15, 0.2) is 18.2 Å². The third-order valence-corrected chi connectivity index (χ3v) is 4.95. The molecule has 1 fully saturated rings. The van der Waals surface area contributed by atoms with E-state index in [4.69, 9.17) is 25.8 Å². The Morgan fingerprint density at radius 3 is 2.92 bits per heavy atom. The fourth-order valence-electron chi connectivity index (χ4n) is 3.21. The van der Waals surface area contributed by atoms with Gasteiger partial charge in [-0.15, -0.1) is 0 Å². The van der Waals surface area contributed by atoms with Gasteiger partial charge in [0.15, 0.2) is 18.1 Å². The predicted octanol–water partition coefficient (Wildman–Crippen LogP) is 3.32. The van der Waals surface area contributed by atoms with Gasteiger partial charge in [0.25, 0.3) is 5.91 Å². The largest absolute Gasteiger partial charge is 0.454 e. The second-order valence-electron chi connectivity index (χ2n) is 6.61. The Kier molecular flexibility index (Phi) is 6.04. The van der Waals surface area contributed by atoms with E-state index in [-0.39, 0.29) is 25.3 Å². The van der Waals surface area contributed by atoms with Gasteiger partial charge >= 0.3 is 5.97 Å². The van der Waals surface area contributed by atoms with Crippen molar-refractivity contribution in [2.24, 2.45) is 5.92 Å². The SMILES string of the molecule is C[C@@H]1CCCC[C@@H]1NC(=O)COC(=O)/C=C/c1cc(Cl)c2c(c1)OCO2. The van der Waals surface area contributed by atoms with Gasteiger partial charge in [-0.2, -0.15) is 0 Å². The van der Waals surface area contributed by atoms with E-state index in [1.807, 2.05) is 0 Å². The van der Waals surface area contributed by atoms with Crippen molar-refractivity contribution in [3.63, 3.8) is 0 Å². The van der Waals surface area contributed by atoms with Gasteiger partial charge in [0.2, 0.25) is 6.79 Å². The second kappa shape index (κ2) is 8.45. The average Bonchev–Trinajstić information content (AvgIpc) is 3.09. The molecule has 0 spiro atoms. The van der Waals surface area contributed by atoms with Crippen molar-refractivity contribution in [1.82, 2.24) is 5.32 Å². The van der Waals surface area contributed by atoms with Crippen molar-refractivity contribution in [3.8, 4) is 11.5 Å². The maximum absolute atomic E-state index is 11.9. The van der Waals surface area contributed by atoms with Gasteiger partial charge in [-0.1, -0.05) is 31.4 Å². The molecule has 0 unspecified atom stereocenters. The molecule has 2 aliphatic rings. The predicted molar refractivity (Wildman–Crippen MR) is 97.1 cm³/mol. The fraction of sp³-hybridized carbons (Fsp3) is 0.474. The molecule has 1 heterocycles. The molecule has 26 heavy (non-hydrogen) atoms. The number of esters is 1. The Morgan fingerprint density at radius 2 is 2.12 bits per heavy atom. The van der Waals surface area contributed by atoms with Crippen LogP contribution in [0.3, 0.4) is 0 Å². The van der Waals surface area contributed by atoms with Crippen LogP contribution in [0.4, 0.5) is 0 Å². The van der Waals surface area contributed by atoms with E-state index in [0.717, 1.165) is 19.3 Å². The molecule has 3 rings (SSSR count). The maximum Gasteiger partial charge on any atom is 0.331 e. The van der Waals surface area contributed by atoms with Crippen LogP contribution >= 0.6 is 11.6 Å². The number of carbonyl (C=O) groups is 2. The topological polar surface area (TPSA) is 73.9 Å². The maximum atomic E-state index is 11.9. The van der Waals surface area contributed by atoms with E-state index in [2.05, 4.69) is 12.2 Å². The van der Waals surface area contributed by atoms with Crippen LogP contribution in [0, 0.1) is 5.92 Å². The first-order valence-electron chi connectivity index (χ1n) is 8.76. The van der Waals surface area contributed by atoms with Crippen molar-refractivity contribution in [3.05, 3.63) is 28.8 Å². The van der Waals surface area contributed by atoms with E-state index in [9.17, 15) is 9.59 Å². The molecule has 0 aromatic heterocycles. The minimum absolute atomic E-state index is 0.124. The lowest BCUT2D eigenvalue weighted by Gasteiger charge is -2.29. The van der Waals surface area contributed by atoms with Crippen LogP contribution < -0.4 is 14.8 Å². The van der Waals surface area contributed by atoms with Gasteiger partial charge in [0.05, 0.1) is 5.02 Å². The van der Waals surface area contributed by atoms with E-state index < -0.39 is 5.97 Å². The summed E-state index contributed by atoms with van der Waals surface area (Å²) in [5, 5.41) is 3.36. The molecular formula is C19H22ClNO5. The highest BCUT2D eigenvalue weighted by atomic mass is 35.5. The smallest absolute Gasteiger partial charge is 0.331 e. The summed E-state index contributed by atoms with van der Waals surface area (Å²) in [6.07, 6.45) is 7.23. The third-order valence-electron chi connectivity index (χ3n) is 4.66. The summed E-state index contributed by atoms with van der Waals surface area (Å²) < 4.78 is 15.5. The van der Waals surface area contributed by atoms with Crippen molar-refractivity contribution in [2.45, 2.75) is 38.6 Å². The summed E-state index contributed by atoms with van der Waals surface area (Å²) in [4.78, 5) is 23.8. The van der Waals surface area contributed by atoms with Crippen LogP contribution in [-0.4, -0.2) is 31.3 Å². The van der Waals surface area contributed by atoms with E-state index in [1.165, 1.54) is 12.5 Å². The first-order valence-corrected chi connectivity index (χ1v) is 9.14. The van der Waals surface area contributed by atoms with Crippen LogP contribution in [-0.2, 0) is 14.3 Å². The molecule has 1 N–H and O–H groups in total. The molecule has 0 bridgehead atoms. The first kappa shape index (κ1) is 18.6. The molecule has 140 valence electrons. The molecule has 1 saturated carbocycles. The number of nitrogens with one attached hydrogen (secondary N) is 1. The molecular weight excluding hydrogens is 358 g/mol. The molecule has 1 aliphatic carbocycles. The van der Waals surface area contributed by atoms with Crippen LogP contribution in [0.2, 0.25) is 5.02 Å². The second-order valence-corrected chi connectivity index (χ2v) is 7.02. The van der Waals surface area contributed by atoms with Gasteiger partial charge in [-0.3, -0.25) is 4.79 Å². The Balaban J connectivity index is 1.47. The monoisotopic (exact) mass is 379 g/mol. The molecule has 0 radical (unpaired) electrons. The molecule has 6 nitrogen and oxygen atoms in total. The Morgan fingerprint density at radius 1 is 1.31 bits per heavy atom. The number of ether oxygens (including phenoxy) is 3. The highest BCUT2D eigenvalue weighted by Crippen LogP contribution is 2.40. The normalized spacial score (nSPS) is 21.6. The lowest BCUT2D eigenvalue weighted by Crippen LogP contribution is -2.42. The van der Waals surface area contributed by atoms with E-state index in [0.29, 0.717) is 28.0 Å². The van der Waals surface area contributed by atoms with Crippen molar-refractivity contribution in [1.29, 1.82) is 0 Å². The number of rotatable bonds is 5. The Bertz CT molecular complexity index is 718. The minimum Gasteiger partial charge on any atom is -0.454 e. The Labute approximate surface area is 157 Å². The molecule has 1 amide bonds. The zero-order valence-electron chi connectivity index (χ0n) is 14.6. The number of carbonyl (C=O) groups excluding carboxylic acids is 2. The molecule has 7 heteroatoms. The summed E-state index contributed by atoms with van der Waals surface area (Å²) >= 11 is 6.09. The summed E-state index contributed by atoms with van der Waals surface area (Å²) in [5.74, 6) is 0.632. The van der Waals surface area contributed by atoms with Gasteiger partial charge < -0.3 is 19.5 Å². The van der Waals surface area contributed by atoms with Crippen LogP contribution in [0.25, 0.3) is 6.08 Å². The zero-order chi connectivity index (χ0) is 18.5. The molecule has 2 atom stereocenters. The average molecular weight is 380 g/mol. The molecule has 1 aromatic carbocycles. The van der Waals surface area contributed by atoms with Gasteiger partial charge in [-0.25, -0.2) is 4.79 Å². The number of amides is 1. The van der Waals surface area contributed by atoms with Gasteiger partial charge in [0, 0.05) is 12.1 Å². The Hall–Kier alpha value is -2.21. The third kappa shape index (κ3) is 4.69. The summed E-state index contributed by atoms with van der Waals surface area (Å²) in [6, 6.07) is 3.55. The molecule has 0 saturated heterocycles. The van der Waals surface area contributed by atoms with Crippen molar-refractivity contribution >= 4 is 29.6 Å². The van der Waals surface area contributed by atoms with Crippen molar-refractivity contribution < 1.29 is 23.8 Å². The zero-order valence-corrected chi connectivity index (χ0v) is 15.4. The molecule has 1 aromatic rings. The van der Waals surface area contributed by atoms with Crippen molar-refractivity contribution in [2.75, 3.05) is 13.4 Å². The first-order chi connectivity index (χ1) is 12.5. The number of fused-ring (bicyclic) bond motifs is 1. The van der Waals surface area contributed by atoms with E-state index in [1.54, 1.807) is 18.2 Å². The quantitative estimate of drug-likeness (QED) is 0.627. The van der Waals surface area contributed by atoms with Gasteiger partial charge in [-0.05, 0) is 42.5 Å². The standard InChI is InChI=1S/C19H22ClNO5/c1-12-4-2-3-5-15(12)21-17(22)10-24-18(23)7-6-13-8-14(20)19-16(9-13)25-11-26-19/h6-9,12,15H,2-5,10-11H2,1H3,(H,21,22)/b7-6+/t12-,15+/m1/s1. The number of benzene rings is 1. The minimum atomic E-state index is -0.592.